The fourth-order valence-electron chi connectivity index (χ4n) is 1.97. The number of benzene rings is 1. The molecule has 1 atom stereocenters. The highest BCUT2D eigenvalue weighted by Gasteiger charge is 2.17. The summed E-state index contributed by atoms with van der Waals surface area (Å²) >= 11 is 0. The van der Waals surface area contributed by atoms with Gasteiger partial charge in [-0.15, -0.1) is 0 Å². The molecule has 0 saturated heterocycles. The molecule has 0 aliphatic rings. The van der Waals surface area contributed by atoms with Crippen molar-refractivity contribution in [2.75, 3.05) is 20.3 Å². The predicted octanol–water partition coefficient (Wildman–Crippen LogP) is 3.79. The third-order valence-corrected chi connectivity index (χ3v) is 2.95. The smallest absolute Gasteiger partial charge is 0.127 e. The maximum Gasteiger partial charge on any atom is 0.127 e. The molecule has 0 saturated carbocycles. The van der Waals surface area contributed by atoms with Crippen LogP contribution in [0, 0.1) is 5.92 Å². The standard InChI is InChI=1S/C16H27NO2/c1-6-10-17-13(4)16-14(18-5)8-7-9-15(16)19-11-12(2)3/h7-9,12-13,17H,6,10-11H2,1-5H3. The van der Waals surface area contributed by atoms with Crippen LogP contribution in [0.3, 0.4) is 0 Å². The monoisotopic (exact) mass is 265 g/mol. The zero-order valence-electron chi connectivity index (χ0n) is 12.8. The predicted molar refractivity (Wildman–Crippen MR) is 80.0 cm³/mol. The molecule has 0 bridgehead atoms. The highest BCUT2D eigenvalue weighted by atomic mass is 16.5. The number of ether oxygens (including phenoxy) is 2. The minimum Gasteiger partial charge on any atom is -0.496 e. The Bertz CT molecular complexity index is 377. The number of methoxy groups -OCH3 is 1. The normalized spacial score (nSPS) is 12.5. The summed E-state index contributed by atoms with van der Waals surface area (Å²) < 4.78 is 11.4. The van der Waals surface area contributed by atoms with E-state index >= 15 is 0 Å². The zero-order valence-corrected chi connectivity index (χ0v) is 12.8. The van der Waals surface area contributed by atoms with Gasteiger partial charge in [-0.3, -0.25) is 0 Å². The van der Waals surface area contributed by atoms with Crippen molar-refractivity contribution in [2.45, 2.75) is 40.2 Å². The molecule has 3 heteroatoms. The van der Waals surface area contributed by atoms with Crippen LogP contribution in [0.15, 0.2) is 18.2 Å². The molecule has 0 aromatic heterocycles. The lowest BCUT2D eigenvalue weighted by Gasteiger charge is -2.21. The van der Waals surface area contributed by atoms with Gasteiger partial charge in [-0.05, 0) is 37.9 Å². The SMILES string of the molecule is CCCNC(C)c1c(OC)cccc1OCC(C)C. The molecular weight excluding hydrogens is 238 g/mol. The quantitative estimate of drug-likeness (QED) is 0.775. The number of rotatable bonds is 8. The van der Waals surface area contributed by atoms with Gasteiger partial charge in [0.15, 0.2) is 0 Å². The Morgan fingerprint density at radius 3 is 2.42 bits per heavy atom. The molecule has 1 N–H and O–H groups in total. The van der Waals surface area contributed by atoms with Crippen LogP contribution < -0.4 is 14.8 Å². The fraction of sp³-hybridized carbons (Fsp3) is 0.625. The Labute approximate surface area is 117 Å². The van der Waals surface area contributed by atoms with Crippen LogP contribution in [-0.2, 0) is 0 Å². The van der Waals surface area contributed by atoms with Crippen LogP contribution in [0.4, 0.5) is 0 Å². The van der Waals surface area contributed by atoms with Crippen molar-refractivity contribution in [1.29, 1.82) is 0 Å². The van der Waals surface area contributed by atoms with Gasteiger partial charge in [0.05, 0.1) is 19.3 Å². The second-order valence-corrected chi connectivity index (χ2v) is 5.25. The van der Waals surface area contributed by atoms with Crippen molar-refractivity contribution >= 4 is 0 Å². The highest BCUT2D eigenvalue weighted by Crippen LogP contribution is 2.34. The van der Waals surface area contributed by atoms with E-state index in [1.807, 2.05) is 18.2 Å². The maximum atomic E-state index is 5.92. The van der Waals surface area contributed by atoms with E-state index < -0.39 is 0 Å². The molecule has 0 heterocycles. The number of hydrogen-bond acceptors (Lipinski definition) is 3. The molecular formula is C16H27NO2. The van der Waals surface area contributed by atoms with E-state index in [0.717, 1.165) is 36.6 Å². The Kier molecular flexibility index (Phi) is 6.71. The molecule has 108 valence electrons. The van der Waals surface area contributed by atoms with E-state index in [1.54, 1.807) is 7.11 Å². The second kappa shape index (κ2) is 8.05. The third kappa shape index (κ3) is 4.75. The maximum absolute atomic E-state index is 5.92. The fourth-order valence-corrected chi connectivity index (χ4v) is 1.97. The summed E-state index contributed by atoms with van der Waals surface area (Å²) in [6.45, 7) is 10.3. The summed E-state index contributed by atoms with van der Waals surface area (Å²) in [5.41, 5.74) is 1.11. The largest absolute Gasteiger partial charge is 0.496 e. The minimum atomic E-state index is 0.221. The molecule has 0 fully saturated rings. The minimum absolute atomic E-state index is 0.221. The molecule has 19 heavy (non-hydrogen) atoms. The molecule has 0 spiro atoms. The van der Waals surface area contributed by atoms with Crippen LogP contribution in [0.1, 0.15) is 45.7 Å². The van der Waals surface area contributed by atoms with Gasteiger partial charge in [-0.25, -0.2) is 0 Å². The van der Waals surface area contributed by atoms with Crippen LogP contribution in [0.2, 0.25) is 0 Å². The zero-order chi connectivity index (χ0) is 14.3. The molecule has 0 radical (unpaired) electrons. The Morgan fingerprint density at radius 1 is 1.16 bits per heavy atom. The van der Waals surface area contributed by atoms with Crippen molar-refractivity contribution in [2.24, 2.45) is 5.92 Å². The van der Waals surface area contributed by atoms with Gasteiger partial charge < -0.3 is 14.8 Å². The van der Waals surface area contributed by atoms with Crippen molar-refractivity contribution in [3.05, 3.63) is 23.8 Å². The van der Waals surface area contributed by atoms with Gasteiger partial charge in [-0.1, -0.05) is 26.8 Å². The molecule has 1 unspecified atom stereocenters. The molecule has 0 aliphatic carbocycles. The first-order chi connectivity index (χ1) is 9.10. The van der Waals surface area contributed by atoms with E-state index in [2.05, 4.69) is 33.0 Å². The Morgan fingerprint density at radius 2 is 1.84 bits per heavy atom. The topological polar surface area (TPSA) is 30.5 Å². The molecule has 1 aromatic rings. The van der Waals surface area contributed by atoms with E-state index in [9.17, 15) is 0 Å². The summed E-state index contributed by atoms with van der Waals surface area (Å²) in [5, 5.41) is 3.49. The van der Waals surface area contributed by atoms with Gasteiger partial charge in [0.2, 0.25) is 0 Å². The average molecular weight is 265 g/mol. The first kappa shape index (κ1) is 15.8. The Balaban J connectivity index is 2.94. The third-order valence-electron chi connectivity index (χ3n) is 2.95. The number of hydrogen-bond donors (Lipinski definition) is 1. The van der Waals surface area contributed by atoms with Gasteiger partial charge in [-0.2, -0.15) is 0 Å². The van der Waals surface area contributed by atoms with Crippen molar-refractivity contribution in [3.8, 4) is 11.5 Å². The molecule has 0 aliphatic heterocycles. The molecule has 3 nitrogen and oxygen atoms in total. The molecule has 1 aromatic carbocycles. The summed E-state index contributed by atoms with van der Waals surface area (Å²) in [5.74, 6) is 2.32. The van der Waals surface area contributed by atoms with Crippen molar-refractivity contribution < 1.29 is 9.47 Å². The van der Waals surface area contributed by atoms with Gasteiger partial charge in [0, 0.05) is 6.04 Å². The molecule has 1 rings (SSSR count). The van der Waals surface area contributed by atoms with Crippen LogP contribution in [0.25, 0.3) is 0 Å². The van der Waals surface area contributed by atoms with Crippen LogP contribution in [-0.4, -0.2) is 20.3 Å². The van der Waals surface area contributed by atoms with E-state index in [0.29, 0.717) is 5.92 Å². The van der Waals surface area contributed by atoms with Gasteiger partial charge in [0.1, 0.15) is 11.5 Å². The lowest BCUT2D eigenvalue weighted by Crippen LogP contribution is -2.21. The van der Waals surface area contributed by atoms with Crippen molar-refractivity contribution in [1.82, 2.24) is 5.32 Å². The van der Waals surface area contributed by atoms with Gasteiger partial charge >= 0.3 is 0 Å². The second-order valence-electron chi connectivity index (χ2n) is 5.25. The van der Waals surface area contributed by atoms with Crippen molar-refractivity contribution in [3.63, 3.8) is 0 Å². The van der Waals surface area contributed by atoms with E-state index in [-0.39, 0.29) is 6.04 Å². The van der Waals surface area contributed by atoms with Crippen LogP contribution >= 0.6 is 0 Å². The van der Waals surface area contributed by atoms with Crippen LogP contribution in [0.5, 0.6) is 11.5 Å². The van der Waals surface area contributed by atoms with E-state index in [1.165, 1.54) is 0 Å². The first-order valence-electron chi connectivity index (χ1n) is 7.13. The summed E-state index contributed by atoms with van der Waals surface area (Å²) in [6.07, 6.45) is 1.11. The van der Waals surface area contributed by atoms with Gasteiger partial charge in [0.25, 0.3) is 0 Å². The highest BCUT2D eigenvalue weighted by molar-refractivity contribution is 5.46. The summed E-state index contributed by atoms with van der Waals surface area (Å²) in [7, 11) is 1.71. The summed E-state index contributed by atoms with van der Waals surface area (Å²) in [6, 6.07) is 6.20. The Hall–Kier alpha value is -1.22. The first-order valence-corrected chi connectivity index (χ1v) is 7.13. The lowest BCUT2D eigenvalue weighted by molar-refractivity contribution is 0.264. The number of nitrogens with one attached hydrogen (secondary N) is 1. The average Bonchev–Trinajstić information content (AvgIpc) is 2.41. The lowest BCUT2D eigenvalue weighted by atomic mass is 10.1. The summed E-state index contributed by atoms with van der Waals surface area (Å²) in [4.78, 5) is 0. The molecule has 0 amide bonds. The van der Waals surface area contributed by atoms with E-state index in [4.69, 9.17) is 9.47 Å².